The molecule has 0 amide bonds. The van der Waals surface area contributed by atoms with Crippen LogP contribution >= 0.6 is 0 Å². The molecule has 0 rings (SSSR count). The fourth-order valence-corrected chi connectivity index (χ4v) is 0. The van der Waals surface area contributed by atoms with Gasteiger partial charge in [-0.2, -0.15) is 0 Å². The fraction of sp³-hybridized carbons (Fsp3) is 1.00. The third kappa shape index (κ3) is 4.47. The van der Waals surface area contributed by atoms with Crippen molar-refractivity contribution in [1.82, 2.24) is 0 Å². The van der Waals surface area contributed by atoms with Gasteiger partial charge >= 0.3 is 39.3 Å². The second kappa shape index (κ2) is 2.70. The molecule has 0 saturated carbocycles. The Labute approximate surface area is 40.0 Å². The average Bonchev–Trinajstić information content (AvgIpc) is 1.38. The van der Waals surface area contributed by atoms with Crippen molar-refractivity contribution in [3.63, 3.8) is 0 Å². The van der Waals surface area contributed by atoms with Crippen molar-refractivity contribution in [2.24, 2.45) is 0 Å². The quantitative estimate of drug-likeness (QED) is 0.450. The predicted molar refractivity (Wildman–Crippen MR) is 25.3 cm³/mol. The Morgan fingerprint density at radius 2 is 2.20 bits per heavy atom. The molecule has 0 aliphatic heterocycles. The molecular formula is C3H9FGe. The molecule has 0 radical (unpaired) electrons. The van der Waals surface area contributed by atoms with E-state index in [1.807, 2.05) is 6.92 Å². The minimum absolute atomic E-state index is 0.111. The number of halogens is 1. The van der Waals surface area contributed by atoms with E-state index in [0.717, 1.165) is 0 Å². The first-order chi connectivity index (χ1) is 2.27. The van der Waals surface area contributed by atoms with Gasteiger partial charge < -0.3 is 0 Å². The van der Waals surface area contributed by atoms with E-state index >= 15 is 0 Å². The van der Waals surface area contributed by atoms with Gasteiger partial charge in [0.1, 0.15) is 0 Å². The van der Waals surface area contributed by atoms with Gasteiger partial charge in [0, 0.05) is 0 Å². The van der Waals surface area contributed by atoms with E-state index < -0.39 is 0 Å². The Balaban J connectivity index is 2.54. The molecule has 32 valence electrons. The van der Waals surface area contributed by atoms with E-state index in [1.165, 1.54) is 0 Å². The van der Waals surface area contributed by atoms with Crippen molar-refractivity contribution >= 4 is 16.5 Å². The monoisotopic (exact) mass is 138 g/mol. The number of rotatable bonds is 1. The summed E-state index contributed by atoms with van der Waals surface area (Å²) in [4.78, 5) is 0. The van der Waals surface area contributed by atoms with Crippen molar-refractivity contribution in [2.45, 2.75) is 11.7 Å². The van der Waals surface area contributed by atoms with Crippen molar-refractivity contribution < 1.29 is 4.39 Å². The summed E-state index contributed by atoms with van der Waals surface area (Å²) in [6, 6.07) is 0. The summed E-state index contributed by atoms with van der Waals surface area (Å²) in [7, 11) is 0. The van der Waals surface area contributed by atoms with Gasteiger partial charge in [-0.25, -0.2) is 0 Å². The van der Waals surface area contributed by atoms with Crippen molar-refractivity contribution in [3.8, 4) is 0 Å². The second-order valence-corrected chi connectivity index (χ2v) is 5.68. The Hall–Kier alpha value is 0.473. The zero-order valence-corrected chi connectivity index (χ0v) is 7.86. The van der Waals surface area contributed by atoms with Crippen LogP contribution in [-0.4, -0.2) is 23.2 Å². The molecule has 1 unspecified atom stereocenters. The maximum absolute atomic E-state index is 11.2. The van der Waals surface area contributed by atoms with Crippen LogP contribution in [0.25, 0.3) is 0 Å². The molecule has 0 bridgehead atoms. The molecular weight excluding hydrogens is 128 g/mol. The number of alkyl halides is 1. The van der Waals surface area contributed by atoms with Crippen LogP contribution in [0.5, 0.6) is 0 Å². The molecule has 5 heavy (non-hydrogen) atoms. The first-order valence-corrected chi connectivity index (χ1v) is 4.25. The molecule has 0 aromatic heterocycles. The van der Waals surface area contributed by atoms with Crippen molar-refractivity contribution in [3.05, 3.63) is 0 Å². The van der Waals surface area contributed by atoms with Crippen LogP contribution in [0.1, 0.15) is 6.92 Å². The first-order valence-electron chi connectivity index (χ1n) is 1.83. The SMILES string of the molecule is C[CH]([GeH3])CF. The van der Waals surface area contributed by atoms with Gasteiger partial charge in [0.2, 0.25) is 0 Å². The van der Waals surface area contributed by atoms with E-state index in [9.17, 15) is 4.39 Å². The van der Waals surface area contributed by atoms with Crippen LogP contribution in [0.15, 0.2) is 0 Å². The summed E-state index contributed by atoms with van der Waals surface area (Å²) in [5.74, 6) is 0. The van der Waals surface area contributed by atoms with Gasteiger partial charge in [0.05, 0.1) is 0 Å². The Morgan fingerprint density at radius 3 is 2.20 bits per heavy atom. The van der Waals surface area contributed by atoms with E-state index in [-0.39, 0.29) is 6.67 Å². The van der Waals surface area contributed by atoms with Crippen LogP contribution in [-0.2, 0) is 0 Å². The molecule has 0 fully saturated rings. The topological polar surface area (TPSA) is 0 Å². The van der Waals surface area contributed by atoms with E-state index in [2.05, 4.69) is 0 Å². The minimum atomic E-state index is -0.111. The number of hydrogen-bond acceptors (Lipinski definition) is 0. The Morgan fingerprint density at radius 1 is 2.00 bits per heavy atom. The van der Waals surface area contributed by atoms with E-state index in [4.69, 9.17) is 0 Å². The molecule has 0 aromatic rings. The third-order valence-corrected chi connectivity index (χ3v) is 0.956. The van der Waals surface area contributed by atoms with E-state index in [1.54, 1.807) is 0 Å². The molecule has 0 nitrogen and oxygen atoms in total. The van der Waals surface area contributed by atoms with Gasteiger partial charge in [0.15, 0.2) is 0 Å². The molecule has 0 heterocycles. The second-order valence-electron chi connectivity index (χ2n) is 1.55. The molecule has 0 aliphatic carbocycles. The molecule has 0 aromatic carbocycles. The summed E-state index contributed by atoms with van der Waals surface area (Å²) < 4.78 is 11.6. The molecule has 0 saturated heterocycles. The van der Waals surface area contributed by atoms with Gasteiger partial charge in [-0.1, -0.05) is 0 Å². The van der Waals surface area contributed by atoms with Crippen LogP contribution in [0, 0.1) is 0 Å². The Kier molecular flexibility index (Phi) is 2.95. The molecule has 1 atom stereocenters. The average molecular weight is 137 g/mol. The van der Waals surface area contributed by atoms with E-state index in [0.29, 0.717) is 21.3 Å². The molecule has 0 aliphatic rings. The Bertz CT molecular complexity index is 20.9. The first kappa shape index (κ1) is 5.47. The molecule has 0 N–H and O–H groups in total. The van der Waals surface area contributed by atoms with Gasteiger partial charge in [-0.05, 0) is 0 Å². The van der Waals surface area contributed by atoms with Gasteiger partial charge in [-0.15, -0.1) is 0 Å². The normalized spacial score (nSPS) is 15.6. The summed E-state index contributed by atoms with van der Waals surface area (Å²) in [5, 5.41) is 0. The van der Waals surface area contributed by atoms with Crippen LogP contribution in [0.4, 0.5) is 4.39 Å². The van der Waals surface area contributed by atoms with Crippen molar-refractivity contribution in [1.29, 1.82) is 0 Å². The maximum atomic E-state index is 11.2. The summed E-state index contributed by atoms with van der Waals surface area (Å²) in [6.45, 7) is 1.82. The molecule has 2 heteroatoms. The summed E-state index contributed by atoms with van der Waals surface area (Å²) in [5.41, 5.74) is 0. The predicted octanol–water partition coefficient (Wildman–Crippen LogP) is 0.130. The zero-order valence-electron chi connectivity index (χ0n) is 3.66. The zero-order chi connectivity index (χ0) is 4.28. The fourth-order valence-electron chi connectivity index (χ4n) is 0. The summed E-state index contributed by atoms with van der Waals surface area (Å²) >= 11 is 0.696. The standard InChI is InChI=1S/C3H9FGe/c1-3(5)2-4/h3H,2H2,1,5H3. The summed E-state index contributed by atoms with van der Waals surface area (Å²) in [6.07, 6.45) is 0. The van der Waals surface area contributed by atoms with Crippen LogP contribution < -0.4 is 0 Å². The molecule has 0 spiro atoms. The third-order valence-electron chi connectivity index (χ3n) is 0.309. The number of hydrogen-bond donors (Lipinski definition) is 0. The van der Waals surface area contributed by atoms with Crippen molar-refractivity contribution in [2.75, 3.05) is 6.67 Å². The van der Waals surface area contributed by atoms with Gasteiger partial charge in [-0.3, -0.25) is 0 Å². The van der Waals surface area contributed by atoms with Crippen LogP contribution in [0.2, 0.25) is 4.75 Å². The van der Waals surface area contributed by atoms with Crippen LogP contribution in [0.3, 0.4) is 0 Å². The van der Waals surface area contributed by atoms with Gasteiger partial charge in [0.25, 0.3) is 0 Å².